The van der Waals surface area contributed by atoms with Gasteiger partial charge in [-0.1, -0.05) is 12.1 Å². The zero-order valence-electron chi connectivity index (χ0n) is 17.6. The molecule has 8 nitrogen and oxygen atoms in total. The zero-order valence-corrected chi connectivity index (χ0v) is 17.6. The molecule has 0 aliphatic heterocycles. The van der Waals surface area contributed by atoms with Gasteiger partial charge in [-0.25, -0.2) is 9.59 Å². The number of nitrogens with one attached hydrogen (secondary N) is 4. The highest BCUT2D eigenvalue weighted by molar-refractivity contribution is 6.09. The summed E-state index contributed by atoms with van der Waals surface area (Å²) in [6, 6.07) is 6.48. The van der Waals surface area contributed by atoms with Crippen molar-refractivity contribution in [3.8, 4) is 0 Å². The minimum Gasteiger partial charge on any atom is -0.459 e. The van der Waals surface area contributed by atoms with E-state index in [4.69, 9.17) is 4.74 Å². The van der Waals surface area contributed by atoms with E-state index in [1.165, 1.54) is 0 Å². The Bertz CT molecular complexity index is 915. The third-order valence-electron chi connectivity index (χ3n) is 4.05. The lowest BCUT2D eigenvalue weighted by Crippen LogP contribution is -2.34. The topological polar surface area (TPSA) is 112 Å². The van der Waals surface area contributed by atoms with E-state index in [1.54, 1.807) is 52.0 Å². The number of carbonyl (C=O) groups excluding carboxylic acids is 3. The van der Waals surface area contributed by atoms with Crippen molar-refractivity contribution in [1.82, 2.24) is 10.3 Å². The number of carbonyl (C=O) groups is 3. The van der Waals surface area contributed by atoms with Crippen LogP contribution in [0.3, 0.4) is 0 Å². The van der Waals surface area contributed by atoms with Crippen molar-refractivity contribution < 1.29 is 19.1 Å². The molecule has 0 aliphatic rings. The van der Waals surface area contributed by atoms with Gasteiger partial charge < -0.3 is 25.7 Å². The Labute approximate surface area is 170 Å². The molecule has 156 valence electrons. The summed E-state index contributed by atoms with van der Waals surface area (Å²) in [5, 5.41) is 8.23. The van der Waals surface area contributed by atoms with Crippen LogP contribution in [0, 0.1) is 13.8 Å². The van der Waals surface area contributed by atoms with Crippen molar-refractivity contribution in [2.45, 2.75) is 53.7 Å². The number of hydrogen-bond donors (Lipinski definition) is 4. The van der Waals surface area contributed by atoms with E-state index in [-0.39, 0.29) is 23.9 Å². The van der Waals surface area contributed by atoms with Crippen molar-refractivity contribution in [3.05, 3.63) is 46.8 Å². The molecular formula is C21H28N4O4. The SMILES string of the molecule is Cc1[nH]c(C(=O)Nc2ccccc2NC(=O)NC(C)C)c(C)c1C(=O)OC(C)C. The Balaban J connectivity index is 2.24. The summed E-state index contributed by atoms with van der Waals surface area (Å²) in [5.74, 6) is -0.898. The number of H-pyrrole nitrogens is 1. The Morgan fingerprint density at radius 1 is 0.966 bits per heavy atom. The van der Waals surface area contributed by atoms with Crippen molar-refractivity contribution in [3.63, 3.8) is 0 Å². The first-order valence-electron chi connectivity index (χ1n) is 9.48. The Morgan fingerprint density at radius 2 is 1.55 bits per heavy atom. The Hall–Kier alpha value is -3.29. The molecule has 1 aromatic carbocycles. The number of aromatic amines is 1. The second-order valence-corrected chi connectivity index (χ2v) is 7.33. The number of ether oxygens (including phenoxy) is 1. The number of anilines is 2. The molecule has 0 fully saturated rings. The quantitative estimate of drug-likeness (QED) is 0.549. The molecule has 0 radical (unpaired) electrons. The maximum absolute atomic E-state index is 12.8. The first kappa shape index (κ1) is 22.0. The van der Waals surface area contributed by atoms with Crippen molar-refractivity contribution >= 4 is 29.3 Å². The monoisotopic (exact) mass is 400 g/mol. The molecular weight excluding hydrogens is 372 g/mol. The smallest absolute Gasteiger partial charge is 0.340 e. The van der Waals surface area contributed by atoms with Crippen LogP contribution in [0.1, 0.15) is 59.8 Å². The summed E-state index contributed by atoms with van der Waals surface area (Å²) in [5.41, 5.74) is 2.58. The van der Waals surface area contributed by atoms with E-state index in [9.17, 15) is 14.4 Å². The number of aryl methyl sites for hydroxylation is 1. The Kier molecular flexibility index (Phi) is 7.03. The number of hydrogen-bond acceptors (Lipinski definition) is 4. The van der Waals surface area contributed by atoms with Crippen molar-refractivity contribution in [2.75, 3.05) is 10.6 Å². The van der Waals surface area contributed by atoms with E-state index >= 15 is 0 Å². The summed E-state index contributed by atoms with van der Waals surface area (Å²) >= 11 is 0. The second kappa shape index (κ2) is 9.27. The molecule has 4 N–H and O–H groups in total. The number of rotatable bonds is 6. The number of benzene rings is 1. The first-order valence-corrected chi connectivity index (χ1v) is 9.48. The molecule has 0 spiro atoms. The van der Waals surface area contributed by atoms with Crippen LogP contribution in [0.15, 0.2) is 24.3 Å². The van der Waals surface area contributed by atoms with Gasteiger partial charge in [0.05, 0.1) is 23.0 Å². The third-order valence-corrected chi connectivity index (χ3v) is 4.05. The number of urea groups is 1. The summed E-state index contributed by atoms with van der Waals surface area (Å²) < 4.78 is 5.26. The predicted octanol–water partition coefficient (Wildman–Crippen LogP) is 3.98. The summed E-state index contributed by atoms with van der Waals surface area (Å²) in [6.45, 7) is 10.6. The van der Waals surface area contributed by atoms with Crippen molar-refractivity contribution in [1.29, 1.82) is 0 Å². The van der Waals surface area contributed by atoms with Gasteiger partial charge in [0.25, 0.3) is 5.91 Å². The lowest BCUT2D eigenvalue weighted by Gasteiger charge is -2.14. The molecule has 29 heavy (non-hydrogen) atoms. The average Bonchev–Trinajstić information content (AvgIpc) is 2.89. The highest BCUT2D eigenvalue weighted by Crippen LogP contribution is 2.24. The third kappa shape index (κ3) is 5.60. The molecule has 0 saturated carbocycles. The van der Waals surface area contributed by atoms with Gasteiger partial charge in [-0.05, 0) is 59.2 Å². The molecule has 0 bridgehead atoms. The van der Waals surface area contributed by atoms with Gasteiger partial charge in [0.1, 0.15) is 5.69 Å². The van der Waals surface area contributed by atoms with Crippen LogP contribution in [-0.2, 0) is 4.74 Å². The standard InChI is InChI=1S/C21H28N4O4/c1-11(2)22-21(28)25-16-10-8-7-9-15(16)24-19(26)18-13(5)17(14(6)23-18)20(27)29-12(3)4/h7-12,23H,1-6H3,(H,24,26)(H2,22,25,28). The zero-order chi connectivity index (χ0) is 21.7. The van der Waals surface area contributed by atoms with E-state index < -0.39 is 11.9 Å². The van der Waals surface area contributed by atoms with Crippen LogP contribution in [0.2, 0.25) is 0 Å². The maximum Gasteiger partial charge on any atom is 0.340 e. The van der Waals surface area contributed by atoms with Gasteiger partial charge in [0.15, 0.2) is 0 Å². The van der Waals surface area contributed by atoms with Crippen LogP contribution in [0.25, 0.3) is 0 Å². The van der Waals surface area contributed by atoms with Gasteiger partial charge in [0.2, 0.25) is 0 Å². The molecule has 0 atom stereocenters. The molecule has 0 unspecified atom stereocenters. The molecule has 1 aromatic heterocycles. The molecule has 0 aliphatic carbocycles. The van der Waals surface area contributed by atoms with E-state index in [1.807, 2.05) is 13.8 Å². The number of aromatic nitrogens is 1. The largest absolute Gasteiger partial charge is 0.459 e. The van der Waals surface area contributed by atoms with Crippen LogP contribution >= 0.6 is 0 Å². The first-order chi connectivity index (χ1) is 13.6. The molecule has 2 aromatic rings. The van der Waals surface area contributed by atoms with Gasteiger partial charge in [-0.2, -0.15) is 0 Å². The summed E-state index contributed by atoms with van der Waals surface area (Å²) in [7, 11) is 0. The number of amides is 3. The van der Waals surface area contributed by atoms with E-state index in [0.29, 0.717) is 28.2 Å². The van der Waals surface area contributed by atoms with Gasteiger partial charge >= 0.3 is 12.0 Å². The van der Waals surface area contributed by atoms with Crippen LogP contribution in [0.4, 0.5) is 16.2 Å². The van der Waals surface area contributed by atoms with Crippen LogP contribution < -0.4 is 16.0 Å². The predicted molar refractivity (Wildman–Crippen MR) is 113 cm³/mol. The van der Waals surface area contributed by atoms with Gasteiger partial charge in [0, 0.05) is 11.7 Å². The minimum atomic E-state index is -0.474. The van der Waals surface area contributed by atoms with E-state index in [2.05, 4.69) is 20.9 Å². The normalized spacial score (nSPS) is 10.8. The lowest BCUT2D eigenvalue weighted by atomic mass is 10.1. The van der Waals surface area contributed by atoms with Crippen LogP contribution in [-0.4, -0.2) is 35.0 Å². The molecule has 0 saturated heterocycles. The highest BCUT2D eigenvalue weighted by atomic mass is 16.5. The number of esters is 1. The molecule has 2 rings (SSSR count). The average molecular weight is 400 g/mol. The Morgan fingerprint density at radius 3 is 2.10 bits per heavy atom. The molecule has 3 amide bonds. The second-order valence-electron chi connectivity index (χ2n) is 7.33. The lowest BCUT2D eigenvalue weighted by molar-refractivity contribution is 0.0376. The van der Waals surface area contributed by atoms with Gasteiger partial charge in [-0.15, -0.1) is 0 Å². The van der Waals surface area contributed by atoms with E-state index in [0.717, 1.165) is 0 Å². The molecule has 1 heterocycles. The maximum atomic E-state index is 12.8. The van der Waals surface area contributed by atoms with Crippen molar-refractivity contribution in [2.24, 2.45) is 0 Å². The highest BCUT2D eigenvalue weighted by Gasteiger charge is 2.24. The number of para-hydroxylation sites is 2. The van der Waals surface area contributed by atoms with Crippen LogP contribution in [0.5, 0.6) is 0 Å². The fourth-order valence-corrected chi connectivity index (χ4v) is 2.86. The fourth-order valence-electron chi connectivity index (χ4n) is 2.86. The fraction of sp³-hybridized carbons (Fsp3) is 0.381. The minimum absolute atomic E-state index is 0.0229. The van der Waals surface area contributed by atoms with Gasteiger partial charge in [-0.3, -0.25) is 4.79 Å². The molecule has 8 heteroatoms. The summed E-state index contributed by atoms with van der Waals surface area (Å²) in [4.78, 5) is 40.1. The summed E-state index contributed by atoms with van der Waals surface area (Å²) in [6.07, 6.45) is -0.261.